The minimum Gasteiger partial charge on any atom is -0.317 e. The molecule has 0 spiro atoms. The van der Waals surface area contributed by atoms with Crippen LogP contribution in [-0.2, 0) is 0 Å². The first kappa shape index (κ1) is 30.4. The van der Waals surface area contributed by atoms with Crippen LogP contribution in [0, 0.1) is 12.8 Å². The number of benzene rings is 1. The number of fused-ring (bicyclic) bond motifs is 1. The monoisotopic (exact) mass is 471 g/mol. The fraction of sp³-hybridized carbons (Fsp3) is 0.441. The average Bonchev–Trinajstić information content (AvgIpc) is 2.99. The summed E-state index contributed by atoms with van der Waals surface area (Å²) < 4.78 is 0. The standard InChI is InChI=1S/C26H33N.C6H10.C2H6/c1-5-7-8-10-24-20(4)26(21-13-15-27-16-14-21)25-12-11-19(3)17-23(25)18-22(24)9-6-2;1-3-5-6-4-2;1-2/h5,8,10-12,17-18,21,26-27H,4,6,9,13-16H2,1-3H3;3-4,6H,1,5H2,2H3;1-2H3/b24-10+;6-4-;. The van der Waals surface area contributed by atoms with Crippen molar-refractivity contribution in [1.29, 1.82) is 0 Å². The van der Waals surface area contributed by atoms with Crippen molar-refractivity contribution in [3.63, 3.8) is 0 Å². The maximum absolute atomic E-state index is 4.66. The Morgan fingerprint density at radius 3 is 2.43 bits per heavy atom. The predicted molar refractivity (Wildman–Crippen MR) is 159 cm³/mol. The number of aryl methyl sites for hydroxylation is 1. The van der Waals surface area contributed by atoms with E-state index in [0.29, 0.717) is 11.8 Å². The molecule has 190 valence electrons. The Kier molecular flexibility index (Phi) is 15.5. The van der Waals surface area contributed by atoms with E-state index >= 15 is 0 Å². The van der Waals surface area contributed by atoms with Gasteiger partial charge in [0.25, 0.3) is 0 Å². The second kappa shape index (κ2) is 17.8. The number of nitrogens with one attached hydrogen (secondary N) is 1. The molecular formula is C34H49N. The Hall–Kier alpha value is -2.60. The van der Waals surface area contributed by atoms with Crippen molar-refractivity contribution < 1.29 is 0 Å². The van der Waals surface area contributed by atoms with Crippen LogP contribution in [0.4, 0.5) is 0 Å². The van der Waals surface area contributed by atoms with Gasteiger partial charge in [-0.25, -0.2) is 0 Å². The van der Waals surface area contributed by atoms with Crippen LogP contribution in [0.5, 0.6) is 0 Å². The molecule has 3 rings (SSSR count). The molecule has 1 N–H and O–H groups in total. The molecule has 0 radical (unpaired) electrons. The number of rotatable bonds is 6. The first-order chi connectivity index (χ1) is 17.1. The van der Waals surface area contributed by atoms with Gasteiger partial charge < -0.3 is 5.32 Å². The van der Waals surface area contributed by atoms with Crippen molar-refractivity contribution in [1.82, 2.24) is 5.32 Å². The lowest BCUT2D eigenvalue weighted by molar-refractivity contribution is 0.341. The molecule has 0 amide bonds. The van der Waals surface area contributed by atoms with Crippen LogP contribution in [0.2, 0.25) is 0 Å². The quantitative estimate of drug-likeness (QED) is 0.321. The highest BCUT2D eigenvalue weighted by Crippen LogP contribution is 2.46. The van der Waals surface area contributed by atoms with Crippen molar-refractivity contribution in [2.45, 2.75) is 79.6 Å². The van der Waals surface area contributed by atoms with Gasteiger partial charge in [-0.15, -0.1) is 12.3 Å². The molecule has 0 bridgehead atoms. The third-order valence-corrected chi connectivity index (χ3v) is 6.40. The smallest absolute Gasteiger partial charge is 0.0125 e. The van der Waals surface area contributed by atoms with Gasteiger partial charge in [0.2, 0.25) is 0 Å². The van der Waals surface area contributed by atoms with Gasteiger partial charge in [-0.3, -0.25) is 0 Å². The summed E-state index contributed by atoms with van der Waals surface area (Å²) in [6.07, 6.45) is 20.3. The van der Waals surface area contributed by atoms with Crippen LogP contribution < -0.4 is 5.32 Å². The topological polar surface area (TPSA) is 12.0 Å². The number of hydrogen-bond acceptors (Lipinski definition) is 1. The van der Waals surface area contributed by atoms with E-state index in [1.807, 2.05) is 52.0 Å². The zero-order valence-corrected chi connectivity index (χ0v) is 23.3. The summed E-state index contributed by atoms with van der Waals surface area (Å²) in [5, 5.41) is 3.52. The molecular weight excluding hydrogens is 422 g/mol. The normalized spacial score (nSPS) is 18.7. The van der Waals surface area contributed by atoms with E-state index < -0.39 is 0 Å². The summed E-state index contributed by atoms with van der Waals surface area (Å²) in [5.74, 6) is 1.06. The molecule has 1 aromatic carbocycles. The van der Waals surface area contributed by atoms with Crippen LogP contribution >= 0.6 is 0 Å². The van der Waals surface area contributed by atoms with E-state index in [9.17, 15) is 0 Å². The minimum atomic E-state index is 0.401. The summed E-state index contributed by atoms with van der Waals surface area (Å²) in [5.41, 5.74) is 11.4. The van der Waals surface area contributed by atoms with Crippen LogP contribution in [0.25, 0.3) is 6.08 Å². The van der Waals surface area contributed by atoms with E-state index in [2.05, 4.69) is 74.5 Å². The minimum absolute atomic E-state index is 0.401. The summed E-state index contributed by atoms with van der Waals surface area (Å²) in [4.78, 5) is 0. The second-order valence-electron chi connectivity index (χ2n) is 8.94. The average molecular weight is 472 g/mol. The molecule has 1 fully saturated rings. The number of allylic oxidation sites excluding steroid dienone is 8. The Balaban J connectivity index is 0.000000670. The molecule has 1 unspecified atom stereocenters. The van der Waals surface area contributed by atoms with Gasteiger partial charge in [0, 0.05) is 5.92 Å². The third-order valence-electron chi connectivity index (χ3n) is 6.40. The van der Waals surface area contributed by atoms with E-state index in [1.54, 1.807) is 0 Å². The molecule has 1 heteroatoms. The first-order valence-corrected chi connectivity index (χ1v) is 13.6. The summed E-state index contributed by atoms with van der Waals surface area (Å²) in [7, 11) is 0. The van der Waals surface area contributed by atoms with Gasteiger partial charge in [0.15, 0.2) is 0 Å². The van der Waals surface area contributed by atoms with Crippen molar-refractivity contribution in [3.05, 3.63) is 107 Å². The maximum atomic E-state index is 4.66. The molecule has 1 aliphatic carbocycles. The van der Waals surface area contributed by atoms with Gasteiger partial charge in [-0.1, -0.05) is 81.8 Å². The fourth-order valence-electron chi connectivity index (χ4n) is 4.80. The van der Waals surface area contributed by atoms with Gasteiger partial charge in [-0.2, -0.15) is 0 Å². The highest BCUT2D eigenvalue weighted by molar-refractivity contribution is 5.71. The SMILES string of the molecule is C=C1/C(=C\C=C=CC)C(CCC)=Cc2cc(C)ccc2C1C1CCNCC1.C=CC/C=C\C.CC. The Morgan fingerprint density at radius 1 is 1.14 bits per heavy atom. The highest BCUT2D eigenvalue weighted by atomic mass is 14.9. The van der Waals surface area contributed by atoms with Gasteiger partial charge in [-0.05, 0) is 112 Å². The zero-order valence-electron chi connectivity index (χ0n) is 23.3. The van der Waals surface area contributed by atoms with Gasteiger partial charge in [0.1, 0.15) is 0 Å². The summed E-state index contributed by atoms with van der Waals surface area (Å²) in [6, 6.07) is 6.98. The molecule has 1 atom stereocenters. The molecule has 1 aliphatic heterocycles. The lowest BCUT2D eigenvalue weighted by atomic mass is 9.73. The van der Waals surface area contributed by atoms with Crippen molar-refractivity contribution in [2.75, 3.05) is 13.1 Å². The molecule has 1 heterocycles. The van der Waals surface area contributed by atoms with Crippen LogP contribution in [0.1, 0.15) is 89.3 Å². The molecule has 2 aliphatic rings. The summed E-state index contributed by atoms with van der Waals surface area (Å²) >= 11 is 0. The largest absolute Gasteiger partial charge is 0.317 e. The highest BCUT2D eigenvalue weighted by Gasteiger charge is 2.32. The fourth-order valence-corrected chi connectivity index (χ4v) is 4.80. The van der Waals surface area contributed by atoms with E-state index in [-0.39, 0.29) is 0 Å². The predicted octanol–water partition coefficient (Wildman–Crippen LogP) is 9.65. The van der Waals surface area contributed by atoms with Crippen molar-refractivity contribution >= 4 is 6.08 Å². The Labute approximate surface area is 216 Å². The maximum Gasteiger partial charge on any atom is 0.0125 e. The molecule has 1 nitrogen and oxygen atoms in total. The number of piperidine rings is 1. The second-order valence-corrected chi connectivity index (χ2v) is 8.94. The lowest BCUT2D eigenvalue weighted by Crippen LogP contribution is -2.31. The van der Waals surface area contributed by atoms with E-state index in [4.69, 9.17) is 0 Å². The van der Waals surface area contributed by atoms with Crippen LogP contribution in [0.15, 0.2) is 90.3 Å². The summed E-state index contributed by atoms with van der Waals surface area (Å²) in [6.45, 7) is 22.9. The first-order valence-electron chi connectivity index (χ1n) is 13.6. The van der Waals surface area contributed by atoms with E-state index in [0.717, 1.165) is 32.4 Å². The molecule has 35 heavy (non-hydrogen) atoms. The molecule has 0 aromatic heterocycles. The Morgan fingerprint density at radius 2 is 1.86 bits per heavy atom. The Bertz CT molecular complexity index is 941. The zero-order chi connectivity index (χ0) is 26.1. The number of hydrogen-bond donors (Lipinski definition) is 1. The van der Waals surface area contributed by atoms with Crippen molar-refractivity contribution in [3.8, 4) is 0 Å². The third kappa shape index (κ3) is 9.52. The van der Waals surface area contributed by atoms with Crippen LogP contribution in [0.3, 0.4) is 0 Å². The van der Waals surface area contributed by atoms with Crippen molar-refractivity contribution in [2.24, 2.45) is 5.92 Å². The molecule has 1 saturated heterocycles. The van der Waals surface area contributed by atoms with Gasteiger partial charge >= 0.3 is 0 Å². The lowest BCUT2D eigenvalue weighted by Gasteiger charge is -2.33. The molecule has 1 aromatic rings. The van der Waals surface area contributed by atoms with E-state index in [1.165, 1.54) is 46.3 Å². The van der Waals surface area contributed by atoms with Gasteiger partial charge in [0.05, 0.1) is 0 Å². The van der Waals surface area contributed by atoms with Crippen LogP contribution in [-0.4, -0.2) is 13.1 Å². The molecule has 0 saturated carbocycles.